The number of aryl methyl sites for hydroxylation is 1. The Kier molecular flexibility index (Phi) is 3.51. The largest absolute Gasteiger partial charge is 0.506 e. The Labute approximate surface area is 123 Å². The minimum Gasteiger partial charge on any atom is -0.506 e. The van der Waals surface area contributed by atoms with E-state index in [4.69, 9.17) is 0 Å². The molecule has 0 saturated carbocycles. The van der Waals surface area contributed by atoms with Gasteiger partial charge in [0.15, 0.2) is 0 Å². The van der Waals surface area contributed by atoms with E-state index in [1.807, 2.05) is 24.0 Å². The van der Waals surface area contributed by atoms with Gasteiger partial charge in [0.05, 0.1) is 17.4 Å². The summed E-state index contributed by atoms with van der Waals surface area (Å²) in [5.74, 6) is 0.293. The molecule has 6 nitrogen and oxygen atoms in total. The van der Waals surface area contributed by atoms with Crippen LogP contribution in [-0.2, 0) is 0 Å². The SMILES string of the molecule is Cc1[nH]ncc1C(=O)N1CCN(c2ccccc2O)CC1. The number of nitrogens with one attached hydrogen (secondary N) is 1. The highest BCUT2D eigenvalue weighted by Gasteiger charge is 2.24. The van der Waals surface area contributed by atoms with Gasteiger partial charge in [0.2, 0.25) is 0 Å². The van der Waals surface area contributed by atoms with E-state index < -0.39 is 0 Å². The number of aromatic nitrogens is 2. The Morgan fingerprint density at radius 1 is 1.24 bits per heavy atom. The van der Waals surface area contributed by atoms with Crippen molar-refractivity contribution >= 4 is 11.6 Å². The Hall–Kier alpha value is -2.50. The molecule has 1 aliphatic rings. The maximum absolute atomic E-state index is 12.4. The molecule has 1 aromatic carbocycles. The molecule has 0 atom stereocenters. The van der Waals surface area contributed by atoms with E-state index in [9.17, 15) is 9.90 Å². The third kappa shape index (κ3) is 2.56. The number of carbonyl (C=O) groups is 1. The Bertz CT molecular complexity index is 645. The van der Waals surface area contributed by atoms with Crippen molar-refractivity contribution in [1.29, 1.82) is 0 Å². The van der Waals surface area contributed by atoms with Gasteiger partial charge in [0, 0.05) is 31.9 Å². The van der Waals surface area contributed by atoms with Crippen LogP contribution in [-0.4, -0.2) is 52.3 Å². The van der Waals surface area contributed by atoms with Crippen LogP contribution < -0.4 is 4.90 Å². The smallest absolute Gasteiger partial charge is 0.257 e. The number of hydrogen-bond acceptors (Lipinski definition) is 4. The highest BCUT2D eigenvalue weighted by atomic mass is 16.3. The van der Waals surface area contributed by atoms with Crippen LogP contribution in [0.5, 0.6) is 5.75 Å². The van der Waals surface area contributed by atoms with Crippen molar-refractivity contribution in [3.63, 3.8) is 0 Å². The number of piperazine rings is 1. The second-order valence-corrected chi connectivity index (χ2v) is 5.18. The molecule has 0 aliphatic carbocycles. The number of amides is 1. The average Bonchev–Trinajstić information content (AvgIpc) is 2.93. The first kappa shape index (κ1) is 13.5. The van der Waals surface area contributed by atoms with Crippen LogP contribution in [0.4, 0.5) is 5.69 Å². The lowest BCUT2D eigenvalue weighted by molar-refractivity contribution is 0.0746. The van der Waals surface area contributed by atoms with Gasteiger partial charge in [-0.15, -0.1) is 0 Å². The molecular weight excluding hydrogens is 268 g/mol. The maximum atomic E-state index is 12.4. The van der Waals surface area contributed by atoms with E-state index in [1.54, 1.807) is 18.3 Å². The number of nitrogens with zero attached hydrogens (tertiary/aromatic N) is 3. The number of phenols is 1. The van der Waals surface area contributed by atoms with E-state index in [-0.39, 0.29) is 11.7 Å². The van der Waals surface area contributed by atoms with Crippen LogP contribution in [0.1, 0.15) is 16.1 Å². The minimum atomic E-state index is 0.0122. The topological polar surface area (TPSA) is 72.5 Å². The fourth-order valence-corrected chi connectivity index (χ4v) is 2.62. The van der Waals surface area contributed by atoms with Crippen molar-refractivity contribution < 1.29 is 9.90 Å². The molecule has 1 saturated heterocycles. The van der Waals surface area contributed by atoms with Crippen molar-refractivity contribution in [2.75, 3.05) is 31.1 Å². The van der Waals surface area contributed by atoms with Crippen LogP contribution in [0.2, 0.25) is 0 Å². The first-order valence-corrected chi connectivity index (χ1v) is 6.99. The highest BCUT2D eigenvalue weighted by molar-refractivity contribution is 5.95. The summed E-state index contributed by atoms with van der Waals surface area (Å²) in [5, 5.41) is 16.6. The number of rotatable bonds is 2. The maximum Gasteiger partial charge on any atom is 0.257 e. The number of para-hydroxylation sites is 2. The van der Waals surface area contributed by atoms with E-state index in [0.29, 0.717) is 31.7 Å². The lowest BCUT2D eigenvalue weighted by Crippen LogP contribution is -2.48. The molecule has 2 aromatic rings. The number of phenolic OH excluding ortho intramolecular Hbond substituents is 1. The van der Waals surface area contributed by atoms with Gasteiger partial charge >= 0.3 is 0 Å². The molecular formula is C15H18N4O2. The number of hydrogen-bond donors (Lipinski definition) is 2. The predicted octanol–water partition coefficient (Wildman–Crippen LogP) is 1.39. The summed E-state index contributed by atoms with van der Waals surface area (Å²) in [5.41, 5.74) is 2.25. The van der Waals surface area contributed by atoms with Gasteiger partial charge in [-0.3, -0.25) is 9.89 Å². The number of aromatic hydroxyl groups is 1. The number of carbonyl (C=O) groups excluding carboxylic acids is 1. The fraction of sp³-hybridized carbons (Fsp3) is 0.333. The molecule has 0 unspecified atom stereocenters. The fourth-order valence-electron chi connectivity index (χ4n) is 2.62. The highest BCUT2D eigenvalue weighted by Crippen LogP contribution is 2.27. The molecule has 6 heteroatoms. The molecule has 1 amide bonds. The first-order valence-electron chi connectivity index (χ1n) is 6.99. The Morgan fingerprint density at radius 3 is 2.57 bits per heavy atom. The van der Waals surface area contributed by atoms with E-state index in [1.165, 1.54) is 0 Å². The van der Waals surface area contributed by atoms with Crippen LogP contribution in [0.3, 0.4) is 0 Å². The third-order valence-corrected chi connectivity index (χ3v) is 3.85. The summed E-state index contributed by atoms with van der Waals surface area (Å²) in [6, 6.07) is 7.29. The molecule has 1 fully saturated rings. The number of benzene rings is 1. The summed E-state index contributed by atoms with van der Waals surface area (Å²) in [6.07, 6.45) is 1.58. The zero-order valence-corrected chi connectivity index (χ0v) is 11.9. The van der Waals surface area contributed by atoms with E-state index in [0.717, 1.165) is 11.4 Å². The molecule has 2 heterocycles. The summed E-state index contributed by atoms with van der Waals surface area (Å²) >= 11 is 0. The normalized spacial score (nSPS) is 15.3. The average molecular weight is 286 g/mol. The molecule has 0 spiro atoms. The van der Waals surface area contributed by atoms with Gasteiger partial charge < -0.3 is 14.9 Å². The summed E-state index contributed by atoms with van der Waals surface area (Å²) in [6.45, 7) is 4.54. The molecule has 1 aromatic heterocycles. The van der Waals surface area contributed by atoms with Crippen LogP contribution in [0, 0.1) is 6.92 Å². The lowest BCUT2D eigenvalue weighted by Gasteiger charge is -2.36. The Balaban J connectivity index is 1.67. The zero-order valence-electron chi connectivity index (χ0n) is 11.9. The number of aromatic amines is 1. The van der Waals surface area contributed by atoms with Crippen molar-refractivity contribution in [3.05, 3.63) is 41.7 Å². The second kappa shape index (κ2) is 5.47. The minimum absolute atomic E-state index is 0.0122. The summed E-state index contributed by atoms with van der Waals surface area (Å²) < 4.78 is 0. The van der Waals surface area contributed by atoms with Gasteiger partial charge in [-0.25, -0.2) is 0 Å². The van der Waals surface area contributed by atoms with E-state index >= 15 is 0 Å². The molecule has 110 valence electrons. The van der Waals surface area contributed by atoms with Gasteiger partial charge in [0.1, 0.15) is 5.75 Å². The van der Waals surface area contributed by atoms with Crippen molar-refractivity contribution in [2.24, 2.45) is 0 Å². The van der Waals surface area contributed by atoms with Gasteiger partial charge in [-0.2, -0.15) is 5.10 Å². The van der Waals surface area contributed by atoms with Crippen LogP contribution in [0.15, 0.2) is 30.5 Å². The quantitative estimate of drug-likeness (QED) is 0.875. The second-order valence-electron chi connectivity index (χ2n) is 5.18. The molecule has 0 radical (unpaired) electrons. The predicted molar refractivity (Wildman–Crippen MR) is 79.5 cm³/mol. The lowest BCUT2D eigenvalue weighted by atomic mass is 10.2. The zero-order chi connectivity index (χ0) is 14.8. The summed E-state index contributed by atoms with van der Waals surface area (Å²) in [7, 11) is 0. The molecule has 21 heavy (non-hydrogen) atoms. The number of H-pyrrole nitrogens is 1. The van der Waals surface area contributed by atoms with Crippen molar-refractivity contribution in [3.8, 4) is 5.75 Å². The van der Waals surface area contributed by atoms with Gasteiger partial charge in [-0.1, -0.05) is 12.1 Å². The third-order valence-electron chi connectivity index (χ3n) is 3.85. The van der Waals surface area contributed by atoms with Crippen molar-refractivity contribution in [2.45, 2.75) is 6.92 Å². The van der Waals surface area contributed by atoms with E-state index in [2.05, 4.69) is 15.1 Å². The van der Waals surface area contributed by atoms with Crippen LogP contribution >= 0.6 is 0 Å². The monoisotopic (exact) mass is 286 g/mol. The molecule has 3 rings (SSSR count). The van der Waals surface area contributed by atoms with Gasteiger partial charge in [0.25, 0.3) is 5.91 Å². The van der Waals surface area contributed by atoms with Crippen molar-refractivity contribution in [1.82, 2.24) is 15.1 Å². The van der Waals surface area contributed by atoms with Gasteiger partial charge in [-0.05, 0) is 19.1 Å². The first-order chi connectivity index (χ1) is 10.2. The standard InChI is InChI=1S/C15H18N4O2/c1-11-12(10-16-17-11)15(21)19-8-6-18(7-9-19)13-4-2-3-5-14(13)20/h2-5,10,20H,6-9H2,1H3,(H,16,17). The molecule has 0 bridgehead atoms. The molecule has 1 aliphatic heterocycles. The molecule has 2 N–H and O–H groups in total. The van der Waals surface area contributed by atoms with Crippen LogP contribution in [0.25, 0.3) is 0 Å². The Morgan fingerprint density at radius 2 is 1.95 bits per heavy atom. The number of anilines is 1. The summed E-state index contributed by atoms with van der Waals surface area (Å²) in [4.78, 5) is 16.3.